The SMILES string of the molecule is CCN1CCc2ccc(Nc3ncc(Cl)c(NC4CCCCC4C(=O)NC)n3)cc2CC1. The molecule has 4 rings (SSSR count). The Bertz CT molecular complexity index is 952. The Labute approximate surface area is 195 Å². The maximum absolute atomic E-state index is 12.3. The fourth-order valence-corrected chi connectivity index (χ4v) is 4.95. The molecule has 1 aliphatic carbocycles. The zero-order chi connectivity index (χ0) is 22.5. The molecule has 3 N–H and O–H groups in total. The zero-order valence-corrected chi connectivity index (χ0v) is 19.7. The van der Waals surface area contributed by atoms with Crippen molar-refractivity contribution in [2.45, 2.75) is 51.5 Å². The van der Waals surface area contributed by atoms with Gasteiger partial charge in [0.15, 0.2) is 5.82 Å². The van der Waals surface area contributed by atoms with Crippen LogP contribution in [0.15, 0.2) is 24.4 Å². The molecule has 0 saturated heterocycles. The number of benzene rings is 1. The second-order valence-electron chi connectivity index (χ2n) is 8.69. The molecule has 172 valence electrons. The van der Waals surface area contributed by atoms with Crippen molar-refractivity contribution in [3.63, 3.8) is 0 Å². The van der Waals surface area contributed by atoms with Gasteiger partial charge in [-0.15, -0.1) is 0 Å². The number of anilines is 3. The van der Waals surface area contributed by atoms with Gasteiger partial charge in [0, 0.05) is 31.9 Å². The topological polar surface area (TPSA) is 82.2 Å². The van der Waals surface area contributed by atoms with Crippen molar-refractivity contribution < 1.29 is 4.79 Å². The molecule has 1 amide bonds. The standard InChI is InChI=1S/C24H33ClN6O/c1-3-31-12-10-16-8-9-18(14-17(16)11-13-31)28-24-27-15-20(25)22(30-24)29-21-7-5-4-6-19(21)23(32)26-2/h8-9,14-15,19,21H,3-7,10-13H2,1-2H3,(H,26,32)(H2,27,28,29,30). The molecule has 1 saturated carbocycles. The summed E-state index contributed by atoms with van der Waals surface area (Å²) < 4.78 is 0. The lowest BCUT2D eigenvalue weighted by atomic mass is 9.84. The van der Waals surface area contributed by atoms with Crippen molar-refractivity contribution in [3.05, 3.63) is 40.5 Å². The molecule has 7 nitrogen and oxygen atoms in total. The molecule has 2 heterocycles. The zero-order valence-electron chi connectivity index (χ0n) is 19.0. The summed E-state index contributed by atoms with van der Waals surface area (Å²) in [5, 5.41) is 10.00. The minimum atomic E-state index is -0.0801. The monoisotopic (exact) mass is 456 g/mol. The van der Waals surface area contributed by atoms with E-state index in [2.05, 4.69) is 55.9 Å². The Kier molecular flexibility index (Phi) is 7.48. The number of amides is 1. The number of fused-ring (bicyclic) bond motifs is 1. The van der Waals surface area contributed by atoms with Gasteiger partial charge in [-0.2, -0.15) is 4.98 Å². The normalized spacial score (nSPS) is 21.3. The summed E-state index contributed by atoms with van der Waals surface area (Å²) in [7, 11) is 1.69. The number of rotatable bonds is 6. The van der Waals surface area contributed by atoms with Gasteiger partial charge in [-0.3, -0.25) is 4.79 Å². The molecule has 2 aromatic rings. The maximum atomic E-state index is 12.3. The van der Waals surface area contributed by atoms with Crippen LogP contribution >= 0.6 is 11.6 Å². The second kappa shape index (κ2) is 10.5. The molecule has 0 spiro atoms. The largest absolute Gasteiger partial charge is 0.365 e. The van der Waals surface area contributed by atoms with Gasteiger partial charge in [0.05, 0.1) is 12.1 Å². The van der Waals surface area contributed by atoms with Crippen LogP contribution in [0.5, 0.6) is 0 Å². The lowest BCUT2D eigenvalue weighted by molar-refractivity contribution is -0.125. The molecule has 0 radical (unpaired) electrons. The molecule has 2 atom stereocenters. The summed E-state index contributed by atoms with van der Waals surface area (Å²) in [5.74, 6) is 1.05. The van der Waals surface area contributed by atoms with Crippen molar-refractivity contribution in [2.75, 3.05) is 37.3 Å². The predicted molar refractivity (Wildman–Crippen MR) is 130 cm³/mol. The fraction of sp³-hybridized carbons (Fsp3) is 0.542. The highest BCUT2D eigenvalue weighted by Gasteiger charge is 2.31. The van der Waals surface area contributed by atoms with Gasteiger partial charge in [-0.05, 0) is 55.5 Å². The quantitative estimate of drug-likeness (QED) is 0.609. The smallest absolute Gasteiger partial charge is 0.229 e. The molecule has 0 bridgehead atoms. The van der Waals surface area contributed by atoms with Crippen LogP contribution in [0.2, 0.25) is 5.02 Å². The first kappa shape index (κ1) is 22.8. The average Bonchev–Trinajstić information content (AvgIpc) is 3.03. The summed E-state index contributed by atoms with van der Waals surface area (Å²) in [6.07, 6.45) is 7.69. The highest BCUT2D eigenvalue weighted by Crippen LogP contribution is 2.30. The van der Waals surface area contributed by atoms with Crippen LogP contribution in [0.4, 0.5) is 17.5 Å². The summed E-state index contributed by atoms with van der Waals surface area (Å²) in [6.45, 7) is 5.52. The van der Waals surface area contributed by atoms with Gasteiger partial charge in [-0.1, -0.05) is 37.4 Å². The predicted octanol–water partition coefficient (Wildman–Crippen LogP) is 4.01. The van der Waals surface area contributed by atoms with Crippen molar-refractivity contribution in [2.24, 2.45) is 5.92 Å². The molecule has 1 aliphatic heterocycles. The van der Waals surface area contributed by atoms with E-state index in [-0.39, 0.29) is 17.9 Å². The first-order valence-corrected chi connectivity index (χ1v) is 12.1. The summed E-state index contributed by atoms with van der Waals surface area (Å²) in [5.41, 5.74) is 3.78. The van der Waals surface area contributed by atoms with Crippen molar-refractivity contribution in [1.82, 2.24) is 20.2 Å². The van der Waals surface area contributed by atoms with E-state index in [0.29, 0.717) is 16.8 Å². The Hall–Kier alpha value is -2.38. The Balaban J connectivity index is 1.48. The highest BCUT2D eigenvalue weighted by molar-refractivity contribution is 6.32. The Morgan fingerprint density at radius 3 is 2.75 bits per heavy atom. The molecule has 1 aromatic heterocycles. The highest BCUT2D eigenvalue weighted by atomic mass is 35.5. The van der Waals surface area contributed by atoms with E-state index in [1.807, 2.05) is 0 Å². The number of aromatic nitrogens is 2. The average molecular weight is 457 g/mol. The van der Waals surface area contributed by atoms with Crippen molar-refractivity contribution >= 4 is 35.0 Å². The van der Waals surface area contributed by atoms with E-state index in [4.69, 9.17) is 11.6 Å². The third-order valence-electron chi connectivity index (χ3n) is 6.72. The minimum absolute atomic E-state index is 0.0120. The molecule has 2 unspecified atom stereocenters. The lowest BCUT2D eigenvalue weighted by Crippen LogP contribution is -2.42. The molecular weight excluding hydrogens is 424 g/mol. The van der Waals surface area contributed by atoms with Gasteiger partial charge >= 0.3 is 0 Å². The van der Waals surface area contributed by atoms with Crippen LogP contribution in [0.25, 0.3) is 0 Å². The number of hydrogen-bond donors (Lipinski definition) is 3. The Morgan fingerprint density at radius 1 is 1.19 bits per heavy atom. The van der Waals surface area contributed by atoms with Crippen LogP contribution < -0.4 is 16.0 Å². The molecule has 1 aromatic carbocycles. The van der Waals surface area contributed by atoms with E-state index in [1.165, 1.54) is 11.1 Å². The molecule has 32 heavy (non-hydrogen) atoms. The van der Waals surface area contributed by atoms with Crippen LogP contribution in [-0.4, -0.2) is 53.5 Å². The van der Waals surface area contributed by atoms with Crippen molar-refractivity contribution in [3.8, 4) is 0 Å². The third kappa shape index (κ3) is 5.33. The van der Waals surface area contributed by atoms with Crippen LogP contribution in [-0.2, 0) is 17.6 Å². The number of carbonyl (C=O) groups is 1. The summed E-state index contributed by atoms with van der Waals surface area (Å²) in [4.78, 5) is 23.8. The first-order valence-electron chi connectivity index (χ1n) is 11.7. The fourth-order valence-electron chi connectivity index (χ4n) is 4.80. The van der Waals surface area contributed by atoms with Gasteiger partial charge < -0.3 is 20.9 Å². The molecule has 8 heteroatoms. The second-order valence-corrected chi connectivity index (χ2v) is 9.10. The summed E-state index contributed by atoms with van der Waals surface area (Å²) >= 11 is 6.40. The van der Waals surface area contributed by atoms with E-state index < -0.39 is 0 Å². The first-order chi connectivity index (χ1) is 15.6. The van der Waals surface area contributed by atoms with Crippen LogP contribution in [0.3, 0.4) is 0 Å². The number of halogens is 1. The van der Waals surface area contributed by atoms with Crippen molar-refractivity contribution in [1.29, 1.82) is 0 Å². The lowest BCUT2D eigenvalue weighted by Gasteiger charge is -2.31. The van der Waals surface area contributed by atoms with E-state index >= 15 is 0 Å². The Morgan fingerprint density at radius 2 is 1.97 bits per heavy atom. The van der Waals surface area contributed by atoms with E-state index in [9.17, 15) is 4.79 Å². The number of likely N-dealkylation sites (N-methyl/N-ethyl adjacent to an activating group) is 1. The molecule has 2 aliphatic rings. The number of nitrogens with zero attached hydrogens (tertiary/aromatic N) is 3. The minimum Gasteiger partial charge on any atom is -0.365 e. The van der Waals surface area contributed by atoms with Crippen LogP contribution in [0.1, 0.15) is 43.7 Å². The van der Waals surface area contributed by atoms with E-state index in [0.717, 1.165) is 63.8 Å². The summed E-state index contributed by atoms with van der Waals surface area (Å²) in [6, 6.07) is 6.52. The number of carbonyl (C=O) groups excluding carboxylic acids is 1. The molecule has 1 fully saturated rings. The van der Waals surface area contributed by atoms with E-state index in [1.54, 1.807) is 13.2 Å². The van der Waals surface area contributed by atoms with Gasteiger partial charge in [0.1, 0.15) is 5.02 Å². The molecular formula is C24H33ClN6O. The van der Waals surface area contributed by atoms with Gasteiger partial charge in [-0.25, -0.2) is 4.98 Å². The maximum Gasteiger partial charge on any atom is 0.229 e. The number of nitrogens with one attached hydrogen (secondary N) is 3. The number of hydrogen-bond acceptors (Lipinski definition) is 6. The third-order valence-corrected chi connectivity index (χ3v) is 7.00. The van der Waals surface area contributed by atoms with Crippen LogP contribution in [0, 0.1) is 5.92 Å². The van der Waals surface area contributed by atoms with Gasteiger partial charge in [0.2, 0.25) is 11.9 Å². The van der Waals surface area contributed by atoms with Gasteiger partial charge in [0.25, 0.3) is 0 Å².